The second kappa shape index (κ2) is 7.44. The lowest BCUT2D eigenvalue weighted by Crippen LogP contribution is -2.17. The number of rotatable bonds is 7. The van der Waals surface area contributed by atoms with Crippen molar-refractivity contribution in [2.45, 2.75) is 32.7 Å². The van der Waals surface area contributed by atoms with Crippen LogP contribution in [0.2, 0.25) is 0 Å². The van der Waals surface area contributed by atoms with Crippen molar-refractivity contribution in [2.75, 3.05) is 5.32 Å². The first-order valence-corrected chi connectivity index (χ1v) is 8.69. The third-order valence-corrected chi connectivity index (χ3v) is 4.65. The minimum Gasteiger partial charge on any atom is -0.407 e. The van der Waals surface area contributed by atoms with Gasteiger partial charge in [0.05, 0.1) is 16.5 Å². The molecule has 136 valence electrons. The molecule has 0 spiro atoms. The molecular weight excluding hydrogens is 362 g/mol. The minimum absolute atomic E-state index is 0.148. The van der Waals surface area contributed by atoms with Crippen LogP contribution in [0.5, 0.6) is 0 Å². The number of hydrogen-bond donors (Lipinski definition) is 1. The highest BCUT2D eigenvalue weighted by atomic mass is 32.1. The Morgan fingerprint density at radius 1 is 1.42 bits per heavy atom. The molecule has 0 radical (unpaired) electrons. The Kier molecular flexibility index (Phi) is 5.07. The van der Waals surface area contributed by atoms with Crippen LogP contribution in [0.3, 0.4) is 0 Å². The van der Waals surface area contributed by atoms with Gasteiger partial charge in [0, 0.05) is 19.0 Å². The van der Waals surface area contributed by atoms with E-state index < -0.39 is 10.7 Å². The number of benzene rings is 1. The van der Waals surface area contributed by atoms with Crippen LogP contribution in [-0.4, -0.2) is 25.6 Å². The highest BCUT2D eigenvalue weighted by Crippen LogP contribution is 2.20. The van der Waals surface area contributed by atoms with Gasteiger partial charge in [-0.3, -0.25) is 19.5 Å². The first-order valence-electron chi connectivity index (χ1n) is 7.88. The topological polar surface area (TPSA) is 133 Å². The molecule has 11 heteroatoms. The van der Waals surface area contributed by atoms with Gasteiger partial charge >= 0.3 is 5.76 Å². The van der Waals surface area contributed by atoms with Gasteiger partial charge in [-0.05, 0) is 18.9 Å². The van der Waals surface area contributed by atoms with E-state index in [0.29, 0.717) is 17.1 Å². The number of amides is 1. The van der Waals surface area contributed by atoms with Gasteiger partial charge in [-0.1, -0.05) is 18.3 Å². The van der Waals surface area contributed by atoms with Crippen LogP contribution >= 0.6 is 11.3 Å². The number of carbonyl (C=O) groups excluding carboxylic acids is 1. The monoisotopic (exact) mass is 377 g/mol. The fourth-order valence-electron chi connectivity index (χ4n) is 2.41. The van der Waals surface area contributed by atoms with Crippen molar-refractivity contribution in [1.82, 2.24) is 14.8 Å². The summed E-state index contributed by atoms with van der Waals surface area (Å²) < 4.78 is 6.40. The molecule has 0 bridgehead atoms. The predicted molar refractivity (Wildman–Crippen MR) is 94.3 cm³/mol. The highest BCUT2D eigenvalue weighted by Gasteiger charge is 2.14. The van der Waals surface area contributed by atoms with Crippen molar-refractivity contribution in [2.24, 2.45) is 0 Å². The zero-order chi connectivity index (χ0) is 18.7. The van der Waals surface area contributed by atoms with Crippen LogP contribution < -0.4 is 11.1 Å². The second-order valence-corrected chi connectivity index (χ2v) is 6.50. The molecule has 0 aliphatic rings. The van der Waals surface area contributed by atoms with Crippen molar-refractivity contribution in [3.63, 3.8) is 0 Å². The first kappa shape index (κ1) is 17.7. The Bertz CT molecular complexity index is 1020. The maximum absolute atomic E-state index is 11.9. The fourth-order valence-corrected chi connectivity index (χ4v) is 3.10. The van der Waals surface area contributed by atoms with E-state index in [1.807, 2.05) is 6.92 Å². The average molecular weight is 377 g/mol. The summed E-state index contributed by atoms with van der Waals surface area (Å²) in [6, 6.07) is 3.98. The first-order chi connectivity index (χ1) is 12.5. The minimum atomic E-state index is -0.613. The Hall–Kier alpha value is -3.08. The lowest BCUT2D eigenvalue weighted by atomic mass is 10.2. The zero-order valence-corrected chi connectivity index (χ0v) is 14.6. The molecule has 26 heavy (non-hydrogen) atoms. The van der Waals surface area contributed by atoms with E-state index in [1.165, 1.54) is 34.1 Å². The summed E-state index contributed by atoms with van der Waals surface area (Å²) in [4.78, 5) is 34.1. The molecule has 0 unspecified atom stereocenters. The molecule has 10 nitrogen and oxygen atoms in total. The molecule has 0 atom stereocenters. The van der Waals surface area contributed by atoms with E-state index in [2.05, 4.69) is 15.5 Å². The number of aryl methyl sites for hydroxylation is 2. The Morgan fingerprint density at radius 2 is 2.23 bits per heavy atom. The van der Waals surface area contributed by atoms with E-state index in [1.54, 1.807) is 0 Å². The summed E-state index contributed by atoms with van der Waals surface area (Å²) in [6.07, 6.45) is 1.34. The zero-order valence-electron chi connectivity index (χ0n) is 13.8. The summed E-state index contributed by atoms with van der Waals surface area (Å²) in [5.74, 6) is -0.835. The predicted octanol–water partition coefficient (Wildman–Crippen LogP) is 2.34. The van der Waals surface area contributed by atoms with Gasteiger partial charge in [-0.15, -0.1) is 10.2 Å². The molecule has 2 aromatic heterocycles. The van der Waals surface area contributed by atoms with E-state index in [9.17, 15) is 19.7 Å². The molecule has 0 aliphatic heterocycles. The summed E-state index contributed by atoms with van der Waals surface area (Å²) in [6.45, 7) is 2.21. The molecule has 3 aromatic rings. The normalized spacial score (nSPS) is 11.0. The van der Waals surface area contributed by atoms with E-state index in [-0.39, 0.29) is 30.1 Å². The number of fused-ring (bicyclic) bond motifs is 1. The van der Waals surface area contributed by atoms with E-state index in [0.717, 1.165) is 11.4 Å². The van der Waals surface area contributed by atoms with Crippen LogP contribution in [0.4, 0.5) is 10.8 Å². The Labute approximate surface area is 150 Å². The number of oxazole rings is 1. The number of nitro groups is 1. The molecule has 1 N–H and O–H groups in total. The van der Waals surface area contributed by atoms with Crippen LogP contribution in [0.25, 0.3) is 11.1 Å². The summed E-state index contributed by atoms with van der Waals surface area (Å²) in [5, 5.41) is 22.5. The van der Waals surface area contributed by atoms with Crippen molar-refractivity contribution < 1.29 is 14.1 Å². The van der Waals surface area contributed by atoms with Gasteiger partial charge in [-0.2, -0.15) is 0 Å². The van der Waals surface area contributed by atoms with Crippen molar-refractivity contribution in [1.29, 1.82) is 0 Å². The summed E-state index contributed by atoms with van der Waals surface area (Å²) in [5.41, 5.74) is 0.452. The summed E-state index contributed by atoms with van der Waals surface area (Å²) in [7, 11) is 0. The largest absolute Gasteiger partial charge is 0.419 e. The van der Waals surface area contributed by atoms with Gasteiger partial charge in [0.15, 0.2) is 5.58 Å². The molecule has 1 amide bonds. The molecule has 0 fully saturated rings. The Morgan fingerprint density at radius 3 is 2.92 bits per heavy atom. The van der Waals surface area contributed by atoms with Crippen LogP contribution in [0, 0.1) is 10.1 Å². The van der Waals surface area contributed by atoms with Gasteiger partial charge in [-0.25, -0.2) is 4.79 Å². The number of carbonyl (C=O) groups is 1. The number of aromatic nitrogens is 3. The molecular formula is C15H15N5O5S. The van der Waals surface area contributed by atoms with E-state index >= 15 is 0 Å². The molecule has 3 rings (SSSR count). The third kappa shape index (κ3) is 3.77. The smallest absolute Gasteiger partial charge is 0.407 e. The number of nitrogens with one attached hydrogen (secondary N) is 1. The number of nitrogens with zero attached hydrogens (tertiary/aromatic N) is 4. The molecule has 0 saturated carbocycles. The molecule has 0 saturated heterocycles. The summed E-state index contributed by atoms with van der Waals surface area (Å²) >= 11 is 1.32. The SMILES string of the molecule is CCc1nnc(NC(=O)CCCn2c(=O)oc3cc([N+](=O)[O-])ccc32)s1. The maximum Gasteiger partial charge on any atom is 0.419 e. The maximum atomic E-state index is 11.9. The average Bonchev–Trinajstić information content (AvgIpc) is 3.18. The van der Waals surface area contributed by atoms with Gasteiger partial charge in [0.2, 0.25) is 11.0 Å². The third-order valence-electron chi connectivity index (χ3n) is 3.66. The number of non-ortho nitro benzene ring substituents is 1. The van der Waals surface area contributed by atoms with Crippen LogP contribution in [-0.2, 0) is 17.8 Å². The van der Waals surface area contributed by atoms with Crippen molar-refractivity contribution >= 4 is 39.2 Å². The van der Waals surface area contributed by atoms with Crippen LogP contribution in [0.15, 0.2) is 27.4 Å². The van der Waals surface area contributed by atoms with Crippen molar-refractivity contribution in [3.8, 4) is 0 Å². The van der Waals surface area contributed by atoms with Gasteiger partial charge in [0.1, 0.15) is 5.01 Å². The number of nitro benzene ring substituents is 1. The number of hydrogen-bond acceptors (Lipinski definition) is 8. The number of anilines is 1. The van der Waals surface area contributed by atoms with Crippen LogP contribution in [0.1, 0.15) is 24.8 Å². The lowest BCUT2D eigenvalue weighted by Gasteiger charge is -2.03. The highest BCUT2D eigenvalue weighted by molar-refractivity contribution is 7.15. The standard InChI is InChI=1S/C15H15N5O5S/c1-2-13-17-18-14(26-13)16-12(21)4-3-7-19-10-6-5-9(20(23)24)8-11(10)25-15(19)22/h5-6,8H,2-4,7H2,1H3,(H,16,18,21). The van der Waals surface area contributed by atoms with Gasteiger partial charge < -0.3 is 9.73 Å². The molecule has 0 aliphatic carbocycles. The second-order valence-electron chi connectivity index (χ2n) is 5.43. The quantitative estimate of drug-likeness (QED) is 0.493. The molecule has 1 aromatic carbocycles. The lowest BCUT2D eigenvalue weighted by molar-refractivity contribution is -0.384. The molecule has 2 heterocycles. The van der Waals surface area contributed by atoms with Gasteiger partial charge in [0.25, 0.3) is 5.69 Å². The Balaban J connectivity index is 1.62. The van der Waals surface area contributed by atoms with Crippen molar-refractivity contribution in [3.05, 3.63) is 43.9 Å². The fraction of sp³-hybridized carbons (Fsp3) is 0.333. The van der Waals surface area contributed by atoms with E-state index in [4.69, 9.17) is 4.42 Å².